The first-order valence-electron chi connectivity index (χ1n) is 8.25. The van der Waals surface area contributed by atoms with Crippen LogP contribution < -0.4 is 5.32 Å². The van der Waals surface area contributed by atoms with E-state index in [0.717, 1.165) is 19.0 Å². The number of rotatable bonds is 7. The van der Waals surface area contributed by atoms with Crippen LogP contribution in [0.5, 0.6) is 0 Å². The van der Waals surface area contributed by atoms with Crippen molar-refractivity contribution in [1.82, 2.24) is 10.2 Å². The highest BCUT2D eigenvalue weighted by Crippen LogP contribution is 2.32. The molecule has 112 valence electrons. The summed E-state index contributed by atoms with van der Waals surface area (Å²) in [6.45, 7) is 10.0. The van der Waals surface area contributed by atoms with Gasteiger partial charge in [-0.3, -0.25) is 4.90 Å². The van der Waals surface area contributed by atoms with Crippen LogP contribution in [0.2, 0.25) is 0 Å². The first-order valence-corrected chi connectivity index (χ1v) is 8.25. The van der Waals surface area contributed by atoms with Gasteiger partial charge in [-0.2, -0.15) is 0 Å². The molecule has 3 heteroatoms. The fourth-order valence-corrected chi connectivity index (χ4v) is 3.26. The highest BCUT2D eigenvalue weighted by Gasteiger charge is 2.36. The molecule has 0 bridgehead atoms. The lowest BCUT2D eigenvalue weighted by Crippen LogP contribution is -2.50. The summed E-state index contributed by atoms with van der Waals surface area (Å²) in [6, 6.07) is 1.49. The molecule has 1 heterocycles. The summed E-state index contributed by atoms with van der Waals surface area (Å²) in [4.78, 5) is 2.68. The van der Waals surface area contributed by atoms with E-state index in [0.29, 0.717) is 17.9 Å². The van der Waals surface area contributed by atoms with Crippen LogP contribution in [0, 0.1) is 11.8 Å². The van der Waals surface area contributed by atoms with Crippen molar-refractivity contribution in [3.63, 3.8) is 0 Å². The van der Waals surface area contributed by atoms with Crippen LogP contribution >= 0.6 is 0 Å². The van der Waals surface area contributed by atoms with E-state index in [1.165, 1.54) is 38.8 Å². The molecular formula is C16H32N2O. The number of hydrogen-bond acceptors (Lipinski definition) is 3. The second-order valence-electron chi connectivity index (χ2n) is 6.98. The van der Waals surface area contributed by atoms with Crippen LogP contribution in [-0.2, 0) is 0 Å². The Morgan fingerprint density at radius 1 is 1.26 bits per heavy atom. The zero-order valence-corrected chi connectivity index (χ0v) is 12.9. The Morgan fingerprint density at radius 3 is 2.58 bits per heavy atom. The van der Waals surface area contributed by atoms with Gasteiger partial charge in [0, 0.05) is 25.2 Å². The molecule has 2 rings (SSSR count). The Balaban J connectivity index is 1.86. The van der Waals surface area contributed by atoms with Gasteiger partial charge in [-0.25, -0.2) is 0 Å². The zero-order valence-electron chi connectivity index (χ0n) is 12.9. The molecule has 0 amide bonds. The maximum Gasteiger partial charge on any atom is 0.0566 e. The maximum atomic E-state index is 10.1. The number of nitrogens with one attached hydrogen (secondary N) is 1. The molecule has 2 fully saturated rings. The normalized spacial score (nSPS) is 30.8. The lowest BCUT2D eigenvalue weighted by Gasteiger charge is -2.39. The first kappa shape index (κ1) is 15.3. The van der Waals surface area contributed by atoms with E-state index in [9.17, 15) is 5.11 Å². The number of aliphatic hydroxyl groups is 1. The smallest absolute Gasteiger partial charge is 0.0566 e. The van der Waals surface area contributed by atoms with E-state index >= 15 is 0 Å². The van der Waals surface area contributed by atoms with Crippen LogP contribution in [0.15, 0.2) is 0 Å². The second kappa shape index (κ2) is 7.05. The van der Waals surface area contributed by atoms with Crippen molar-refractivity contribution < 1.29 is 5.11 Å². The Labute approximate surface area is 118 Å². The molecule has 3 nitrogen and oxygen atoms in total. The molecule has 0 aromatic heterocycles. The van der Waals surface area contributed by atoms with Crippen LogP contribution in [0.3, 0.4) is 0 Å². The molecule has 0 spiro atoms. The number of hydrogen-bond donors (Lipinski definition) is 2. The summed E-state index contributed by atoms with van der Waals surface area (Å²) >= 11 is 0. The molecule has 0 aromatic rings. The van der Waals surface area contributed by atoms with E-state index in [1.807, 2.05) is 0 Å². The average molecular weight is 268 g/mol. The third kappa shape index (κ3) is 4.73. The Kier molecular flexibility index (Phi) is 5.67. The predicted octanol–water partition coefficient (Wildman–Crippen LogP) is 2.25. The summed E-state index contributed by atoms with van der Waals surface area (Å²) < 4.78 is 0. The number of aliphatic hydroxyl groups excluding tert-OH is 1. The van der Waals surface area contributed by atoms with Gasteiger partial charge in [-0.1, -0.05) is 20.8 Å². The van der Waals surface area contributed by atoms with Crippen LogP contribution in [0.1, 0.15) is 52.9 Å². The molecule has 3 atom stereocenters. The molecule has 2 aliphatic rings. The van der Waals surface area contributed by atoms with E-state index in [4.69, 9.17) is 0 Å². The predicted molar refractivity (Wildman–Crippen MR) is 80.2 cm³/mol. The summed E-state index contributed by atoms with van der Waals surface area (Å²) in [5.74, 6) is 1.06. The highest BCUT2D eigenvalue weighted by molar-refractivity contribution is 4.93. The molecule has 0 aromatic carbocycles. The maximum absolute atomic E-state index is 10.1. The van der Waals surface area contributed by atoms with Gasteiger partial charge in [0.15, 0.2) is 0 Å². The average Bonchev–Trinajstić information content (AvgIpc) is 3.20. The van der Waals surface area contributed by atoms with Gasteiger partial charge in [-0.15, -0.1) is 0 Å². The van der Waals surface area contributed by atoms with E-state index in [1.54, 1.807) is 0 Å². The standard InChI is InChI=1S/C16H32N2O/c1-4-7-17-14-8-13(9-16(19)12(2)3)10-18(11-14)15-5-6-15/h12-17,19H,4-11H2,1-3H3. The molecule has 19 heavy (non-hydrogen) atoms. The van der Waals surface area contributed by atoms with Crippen molar-refractivity contribution in [1.29, 1.82) is 0 Å². The largest absolute Gasteiger partial charge is 0.393 e. The van der Waals surface area contributed by atoms with Gasteiger partial charge in [-0.05, 0) is 50.5 Å². The molecule has 0 radical (unpaired) electrons. The fourth-order valence-electron chi connectivity index (χ4n) is 3.26. The Bertz CT molecular complexity index is 263. The van der Waals surface area contributed by atoms with Crippen LogP contribution in [-0.4, -0.2) is 47.8 Å². The molecule has 1 aliphatic carbocycles. The summed E-state index contributed by atoms with van der Waals surface area (Å²) in [7, 11) is 0. The minimum atomic E-state index is -0.129. The zero-order chi connectivity index (χ0) is 13.8. The number of likely N-dealkylation sites (tertiary alicyclic amines) is 1. The summed E-state index contributed by atoms with van der Waals surface area (Å²) in [5, 5.41) is 13.8. The molecule has 1 saturated heterocycles. The van der Waals surface area contributed by atoms with E-state index in [-0.39, 0.29) is 6.10 Å². The molecule has 2 N–H and O–H groups in total. The minimum Gasteiger partial charge on any atom is -0.393 e. The van der Waals surface area contributed by atoms with Gasteiger partial charge in [0.25, 0.3) is 0 Å². The molecule has 1 aliphatic heterocycles. The summed E-state index contributed by atoms with van der Waals surface area (Å²) in [6.07, 6.45) is 6.08. The lowest BCUT2D eigenvalue weighted by molar-refractivity contribution is 0.0593. The molecule has 1 saturated carbocycles. The Morgan fingerprint density at radius 2 is 2.00 bits per heavy atom. The third-order valence-corrected chi connectivity index (χ3v) is 4.66. The highest BCUT2D eigenvalue weighted by atomic mass is 16.3. The second-order valence-corrected chi connectivity index (χ2v) is 6.98. The van der Waals surface area contributed by atoms with Crippen LogP contribution in [0.4, 0.5) is 0 Å². The molecule has 3 unspecified atom stereocenters. The van der Waals surface area contributed by atoms with Crippen molar-refractivity contribution >= 4 is 0 Å². The van der Waals surface area contributed by atoms with Gasteiger partial charge in [0.2, 0.25) is 0 Å². The summed E-state index contributed by atoms with van der Waals surface area (Å²) in [5.41, 5.74) is 0. The fraction of sp³-hybridized carbons (Fsp3) is 1.00. The lowest BCUT2D eigenvalue weighted by atomic mass is 9.86. The quantitative estimate of drug-likeness (QED) is 0.743. The van der Waals surface area contributed by atoms with Crippen LogP contribution in [0.25, 0.3) is 0 Å². The van der Waals surface area contributed by atoms with Gasteiger partial charge in [0.05, 0.1) is 6.10 Å². The topological polar surface area (TPSA) is 35.5 Å². The van der Waals surface area contributed by atoms with Crippen molar-refractivity contribution in [2.75, 3.05) is 19.6 Å². The monoisotopic (exact) mass is 268 g/mol. The van der Waals surface area contributed by atoms with Gasteiger partial charge >= 0.3 is 0 Å². The number of piperidine rings is 1. The first-order chi connectivity index (χ1) is 9.10. The number of nitrogens with zero attached hydrogens (tertiary/aromatic N) is 1. The SMILES string of the molecule is CCCNC1CC(CC(O)C(C)C)CN(C2CC2)C1. The van der Waals surface area contributed by atoms with Crippen molar-refractivity contribution in [3.8, 4) is 0 Å². The van der Waals surface area contributed by atoms with Crippen molar-refractivity contribution in [2.45, 2.75) is 71.1 Å². The van der Waals surface area contributed by atoms with Gasteiger partial charge < -0.3 is 10.4 Å². The Hall–Kier alpha value is -0.120. The van der Waals surface area contributed by atoms with Crippen molar-refractivity contribution in [2.24, 2.45) is 11.8 Å². The van der Waals surface area contributed by atoms with E-state index < -0.39 is 0 Å². The van der Waals surface area contributed by atoms with Gasteiger partial charge in [0.1, 0.15) is 0 Å². The molecular weight excluding hydrogens is 236 g/mol. The van der Waals surface area contributed by atoms with Crippen molar-refractivity contribution in [3.05, 3.63) is 0 Å². The van der Waals surface area contributed by atoms with E-state index in [2.05, 4.69) is 31.0 Å². The third-order valence-electron chi connectivity index (χ3n) is 4.66. The minimum absolute atomic E-state index is 0.129.